The molecule has 122 valence electrons. The molecule has 8 heteroatoms. The topological polar surface area (TPSA) is 98.9 Å². The van der Waals surface area contributed by atoms with E-state index in [0.29, 0.717) is 19.6 Å². The van der Waals surface area contributed by atoms with Gasteiger partial charge < -0.3 is 15.2 Å². The highest BCUT2D eigenvalue weighted by molar-refractivity contribution is 7.89. The van der Waals surface area contributed by atoms with Gasteiger partial charge in [0, 0.05) is 13.1 Å². The zero-order valence-corrected chi connectivity index (χ0v) is 13.4. The van der Waals surface area contributed by atoms with Crippen LogP contribution in [0.2, 0.25) is 0 Å². The number of carbonyl (C=O) groups is 1. The highest BCUT2D eigenvalue weighted by Crippen LogP contribution is 2.31. The van der Waals surface area contributed by atoms with Crippen LogP contribution in [0.5, 0.6) is 5.75 Å². The minimum absolute atomic E-state index is 0.0420. The van der Waals surface area contributed by atoms with Crippen LogP contribution in [-0.4, -0.2) is 52.5 Å². The Morgan fingerprint density at radius 3 is 2.68 bits per heavy atom. The number of ether oxygens (including phenoxy) is 2. The first-order valence-electron chi connectivity index (χ1n) is 6.90. The highest BCUT2D eigenvalue weighted by atomic mass is 32.2. The summed E-state index contributed by atoms with van der Waals surface area (Å²) in [6.45, 7) is 1.30. The van der Waals surface area contributed by atoms with Crippen LogP contribution in [0.15, 0.2) is 23.1 Å². The summed E-state index contributed by atoms with van der Waals surface area (Å²) in [6.07, 6.45) is 0.748. The van der Waals surface area contributed by atoms with E-state index in [1.165, 1.54) is 36.7 Å². The average molecular weight is 328 g/mol. The van der Waals surface area contributed by atoms with Gasteiger partial charge in [-0.2, -0.15) is 4.31 Å². The molecule has 0 bridgehead atoms. The van der Waals surface area contributed by atoms with Gasteiger partial charge in [0.1, 0.15) is 10.6 Å². The number of nitrogens with two attached hydrogens (primary N) is 1. The summed E-state index contributed by atoms with van der Waals surface area (Å²) in [6, 6.07) is 4.16. The predicted molar refractivity (Wildman–Crippen MR) is 80.3 cm³/mol. The van der Waals surface area contributed by atoms with Crippen molar-refractivity contribution >= 4 is 16.0 Å². The predicted octanol–water partition coefficient (Wildman–Crippen LogP) is 0.451. The maximum atomic E-state index is 12.7. The van der Waals surface area contributed by atoms with Crippen LogP contribution in [0.3, 0.4) is 0 Å². The minimum atomic E-state index is -3.67. The molecule has 2 N–H and O–H groups in total. The molecule has 0 aromatic heterocycles. The summed E-state index contributed by atoms with van der Waals surface area (Å²) >= 11 is 0. The van der Waals surface area contributed by atoms with Crippen molar-refractivity contribution in [2.24, 2.45) is 11.7 Å². The van der Waals surface area contributed by atoms with Crippen LogP contribution in [0, 0.1) is 5.92 Å². The standard InChI is InChI=1S/C14H20N2O5S/c1-20-12-7-11(14(17)21-2)3-4-13(12)22(18,19)16-6-5-10(8-15)9-16/h3-4,7,10H,5-6,8-9,15H2,1-2H3. The lowest BCUT2D eigenvalue weighted by atomic mass is 10.1. The smallest absolute Gasteiger partial charge is 0.337 e. The van der Waals surface area contributed by atoms with Crippen molar-refractivity contribution in [1.82, 2.24) is 4.31 Å². The van der Waals surface area contributed by atoms with Crippen molar-refractivity contribution in [2.45, 2.75) is 11.3 Å². The lowest BCUT2D eigenvalue weighted by Crippen LogP contribution is -2.30. The fraction of sp³-hybridized carbons (Fsp3) is 0.500. The summed E-state index contributed by atoms with van der Waals surface area (Å²) in [5.41, 5.74) is 5.84. The van der Waals surface area contributed by atoms with Crippen molar-refractivity contribution in [3.05, 3.63) is 23.8 Å². The van der Waals surface area contributed by atoms with Gasteiger partial charge in [-0.25, -0.2) is 13.2 Å². The van der Waals surface area contributed by atoms with Gasteiger partial charge in [-0.15, -0.1) is 0 Å². The monoisotopic (exact) mass is 328 g/mol. The van der Waals surface area contributed by atoms with Crippen molar-refractivity contribution in [1.29, 1.82) is 0 Å². The second-order valence-electron chi connectivity index (χ2n) is 5.11. The summed E-state index contributed by atoms with van der Waals surface area (Å²) in [5.74, 6) is -0.249. The maximum absolute atomic E-state index is 12.7. The molecular formula is C14H20N2O5S. The van der Waals surface area contributed by atoms with Crippen molar-refractivity contribution in [3.8, 4) is 5.75 Å². The largest absolute Gasteiger partial charge is 0.495 e. The Morgan fingerprint density at radius 1 is 1.41 bits per heavy atom. The molecule has 1 unspecified atom stereocenters. The van der Waals surface area contributed by atoms with Gasteiger partial charge in [0.05, 0.1) is 19.8 Å². The van der Waals surface area contributed by atoms with E-state index in [1.54, 1.807) is 0 Å². The van der Waals surface area contributed by atoms with Gasteiger partial charge in [-0.1, -0.05) is 0 Å². The first kappa shape index (κ1) is 16.7. The van der Waals surface area contributed by atoms with Gasteiger partial charge in [-0.3, -0.25) is 0 Å². The van der Waals surface area contributed by atoms with Crippen LogP contribution >= 0.6 is 0 Å². The van der Waals surface area contributed by atoms with E-state index >= 15 is 0 Å². The zero-order valence-electron chi connectivity index (χ0n) is 12.6. The summed E-state index contributed by atoms with van der Waals surface area (Å²) < 4.78 is 36.6. The number of hydrogen-bond donors (Lipinski definition) is 1. The molecule has 1 fully saturated rings. The van der Waals surface area contributed by atoms with Crippen LogP contribution in [0.4, 0.5) is 0 Å². The molecule has 0 radical (unpaired) electrons. The lowest BCUT2D eigenvalue weighted by Gasteiger charge is -2.18. The number of sulfonamides is 1. The van der Waals surface area contributed by atoms with E-state index in [-0.39, 0.29) is 22.1 Å². The summed E-state index contributed by atoms with van der Waals surface area (Å²) in [7, 11) is -1.05. The van der Waals surface area contributed by atoms with Gasteiger partial charge >= 0.3 is 5.97 Å². The Labute approximate surface area is 130 Å². The van der Waals surface area contributed by atoms with Crippen LogP contribution < -0.4 is 10.5 Å². The maximum Gasteiger partial charge on any atom is 0.337 e. The summed E-state index contributed by atoms with van der Waals surface area (Å²) in [5, 5.41) is 0. The molecular weight excluding hydrogens is 308 g/mol. The number of carbonyl (C=O) groups excluding carboxylic acids is 1. The molecule has 1 heterocycles. The highest BCUT2D eigenvalue weighted by Gasteiger charge is 2.34. The molecule has 0 aliphatic carbocycles. The molecule has 1 aliphatic rings. The Morgan fingerprint density at radius 2 is 2.14 bits per heavy atom. The Kier molecular flexibility index (Phi) is 5.05. The third-order valence-electron chi connectivity index (χ3n) is 3.78. The fourth-order valence-electron chi connectivity index (χ4n) is 2.47. The zero-order chi connectivity index (χ0) is 16.3. The number of esters is 1. The van der Waals surface area contributed by atoms with E-state index < -0.39 is 16.0 Å². The number of hydrogen-bond acceptors (Lipinski definition) is 6. The SMILES string of the molecule is COC(=O)c1ccc(S(=O)(=O)N2CCC(CN)C2)c(OC)c1. The third kappa shape index (κ3) is 3.08. The third-order valence-corrected chi connectivity index (χ3v) is 5.69. The lowest BCUT2D eigenvalue weighted by molar-refractivity contribution is 0.0600. The number of nitrogens with zero attached hydrogens (tertiary/aromatic N) is 1. The van der Waals surface area contributed by atoms with Crippen LogP contribution in [0.25, 0.3) is 0 Å². The van der Waals surface area contributed by atoms with E-state index in [0.717, 1.165) is 6.42 Å². The average Bonchev–Trinajstić information content (AvgIpc) is 3.03. The number of rotatable bonds is 5. The molecule has 0 spiro atoms. The first-order chi connectivity index (χ1) is 10.4. The van der Waals surface area contributed by atoms with Crippen molar-refractivity contribution < 1.29 is 22.7 Å². The normalized spacial score (nSPS) is 19.1. The second-order valence-corrected chi connectivity index (χ2v) is 7.02. The van der Waals surface area contributed by atoms with E-state index in [9.17, 15) is 13.2 Å². The van der Waals surface area contributed by atoms with E-state index in [2.05, 4.69) is 4.74 Å². The van der Waals surface area contributed by atoms with E-state index in [4.69, 9.17) is 10.5 Å². The molecule has 0 amide bonds. The molecule has 1 aliphatic heterocycles. The molecule has 7 nitrogen and oxygen atoms in total. The molecule has 1 atom stereocenters. The molecule has 1 aromatic carbocycles. The second kappa shape index (κ2) is 6.64. The van der Waals surface area contributed by atoms with Crippen molar-refractivity contribution in [2.75, 3.05) is 33.9 Å². The Hall–Kier alpha value is -1.64. The molecule has 0 saturated carbocycles. The van der Waals surface area contributed by atoms with E-state index in [1.807, 2.05) is 0 Å². The molecule has 22 heavy (non-hydrogen) atoms. The number of benzene rings is 1. The van der Waals surface area contributed by atoms with Crippen LogP contribution in [-0.2, 0) is 14.8 Å². The van der Waals surface area contributed by atoms with Gasteiger partial charge in [-0.05, 0) is 37.1 Å². The van der Waals surface area contributed by atoms with Gasteiger partial charge in [0.25, 0.3) is 0 Å². The first-order valence-corrected chi connectivity index (χ1v) is 8.34. The molecule has 1 saturated heterocycles. The van der Waals surface area contributed by atoms with Gasteiger partial charge in [0.2, 0.25) is 10.0 Å². The minimum Gasteiger partial charge on any atom is -0.495 e. The van der Waals surface area contributed by atoms with Crippen molar-refractivity contribution in [3.63, 3.8) is 0 Å². The fourth-order valence-corrected chi connectivity index (χ4v) is 4.14. The van der Waals surface area contributed by atoms with Crippen LogP contribution in [0.1, 0.15) is 16.8 Å². The molecule has 2 rings (SSSR count). The Bertz CT molecular complexity index is 659. The summed E-state index contributed by atoms with van der Waals surface area (Å²) in [4.78, 5) is 11.6. The number of methoxy groups -OCH3 is 2. The Balaban J connectivity index is 2.37. The van der Waals surface area contributed by atoms with Gasteiger partial charge in [0.15, 0.2) is 0 Å². The quantitative estimate of drug-likeness (QED) is 0.788. The molecule has 1 aromatic rings.